The lowest BCUT2D eigenvalue weighted by atomic mass is 10.2. The Morgan fingerprint density at radius 3 is 3.00 bits per heavy atom. The van der Waals surface area contributed by atoms with Gasteiger partial charge in [0.05, 0.1) is 17.6 Å². The molecule has 0 saturated carbocycles. The SMILES string of the molecule is C[C@H]1CN(c2ccc(Br)cc2[N+](=O)[O-])CCO1. The van der Waals surface area contributed by atoms with Crippen LogP contribution in [0.15, 0.2) is 22.7 Å². The third-order valence-electron chi connectivity index (χ3n) is 2.72. The molecule has 1 fully saturated rings. The van der Waals surface area contributed by atoms with Crippen LogP contribution in [0.5, 0.6) is 0 Å². The second kappa shape index (κ2) is 5.01. The van der Waals surface area contributed by atoms with E-state index in [1.807, 2.05) is 17.9 Å². The van der Waals surface area contributed by atoms with Gasteiger partial charge in [0.1, 0.15) is 5.69 Å². The Morgan fingerprint density at radius 1 is 1.59 bits per heavy atom. The van der Waals surface area contributed by atoms with Gasteiger partial charge in [-0.1, -0.05) is 15.9 Å². The molecular weight excluding hydrogens is 288 g/mol. The molecule has 1 saturated heterocycles. The maximum absolute atomic E-state index is 11.0. The number of hydrogen-bond acceptors (Lipinski definition) is 4. The summed E-state index contributed by atoms with van der Waals surface area (Å²) in [4.78, 5) is 12.7. The van der Waals surface area contributed by atoms with E-state index in [-0.39, 0.29) is 16.7 Å². The molecule has 1 aromatic carbocycles. The van der Waals surface area contributed by atoms with E-state index in [0.717, 1.165) is 0 Å². The van der Waals surface area contributed by atoms with Crippen molar-refractivity contribution in [2.45, 2.75) is 13.0 Å². The van der Waals surface area contributed by atoms with E-state index in [9.17, 15) is 10.1 Å². The van der Waals surface area contributed by atoms with Gasteiger partial charge >= 0.3 is 0 Å². The van der Waals surface area contributed by atoms with Gasteiger partial charge in [-0.2, -0.15) is 0 Å². The number of anilines is 1. The molecular formula is C11H13BrN2O3. The lowest BCUT2D eigenvalue weighted by molar-refractivity contribution is -0.384. The fourth-order valence-electron chi connectivity index (χ4n) is 1.95. The standard InChI is InChI=1S/C11H13BrN2O3/c1-8-7-13(4-5-17-8)10-3-2-9(12)6-11(10)14(15)16/h2-3,6,8H,4-5,7H2,1H3/t8-/m0/s1. The zero-order valence-electron chi connectivity index (χ0n) is 9.43. The van der Waals surface area contributed by atoms with Crippen molar-refractivity contribution in [3.05, 3.63) is 32.8 Å². The van der Waals surface area contributed by atoms with Gasteiger partial charge in [-0.25, -0.2) is 0 Å². The molecule has 1 atom stereocenters. The number of halogens is 1. The molecule has 2 rings (SSSR count). The molecule has 0 amide bonds. The average molecular weight is 301 g/mol. The summed E-state index contributed by atoms with van der Waals surface area (Å²) in [7, 11) is 0. The zero-order chi connectivity index (χ0) is 12.4. The second-order valence-corrected chi connectivity index (χ2v) is 4.93. The van der Waals surface area contributed by atoms with Crippen molar-refractivity contribution in [3.8, 4) is 0 Å². The van der Waals surface area contributed by atoms with Crippen molar-refractivity contribution in [3.63, 3.8) is 0 Å². The molecule has 0 bridgehead atoms. The number of nitro groups is 1. The highest BCUT2D eigenvalue weighted by Crippen LogP contribution is 2.32. The van der Waals surface area contributed by atoms with Crippen LogP contribution in [0, 0.1) is 10.1 Å². The van der Waals surface area contributed by atoms with Crippen LogP contribution in [0.25, 0.3) is 0 Å². The number of ether oxygens (including phenoxy) is 1. The van der Waals surface area contributed by atoms with E-state index in [4.69, 9.17) is 4.74 Å². The largest absolute Gasteiger partial charge is 0.375 e. The minimum absolute atomic E-state index is 0.104. The van der Waals surface area contributed by atoms with Gasteiger partial charge in [-0.15, -0.1) is 0 Å². The van der Waals surface area contributed by atoms with E-state index in [0.29, 0.717) is 29.9 Å². The Balaban J connectivity index is 2.33. The van der Waals surface area contributed by atoms with E-state index < -0.39 is 0 Å². The van der Waals surface area contributed by atoms with Crippen molar-refractivity contribution < 1.29 is 9.66 Å². The van der Waals surface area contributed by atoms with Crippen LogP contribution in [-0.2, 0) is 4.74 Å². The molecule has 1 heterocycles. The molecule has 0 aliphatic carbocycles. The molecule has 0 N–H and O–H groups in total. The third kappa shape index (κ3) is 2.76. The number of morpholine rings is 1. The summed E-state index contributed by atoms with van der Waals surface area (Å²) >= 11 is 3.25. The van der Waals surface area contributed by atoms with Crippen molar-refractivity contribution >= 4 is 27.3 Å². The Hall–Kier alpha value is -1.14. The number of nitro benzene ring substituents is 1. The molecule has 0 radical (unpaired) electrons. The molecule has 1 aliphatic heterocycles. The fraction of sp³-hybridized carbons (Fsp3) is 0.455. The number of nitrogens with zero attached hydrogens (tertiary/aromatic N) is 2. The molecule has 1 aliphatic rings. The van der Waals surface area contributed by atoms with Gasteiger partial charge in [0.25, 0.3) is 5.69 Å². The molecule has 17 heavy (non-hydrogen) atoms. The topological polar surface area (TPSA) is 55.6 Å². The van der Waals surface area contributed by atoms with Crippen LogP contribution in [0.2, 0.25) is 0 Å². The zero-order valence-corrected chi connectivity index (χ0v) is 11.0. The molecule has 92 valence electrons. The van der Waals surface area contributed by atoms with Crippen molar-refractivity contribution in [1.29, 1.82) is 0 Å². The highest BCUT2D eigenvalue weighted by atomic mass is 79.9. The lowest BCUT2D eigenvalue weighted by Crippen LogP contribution is -2.41. The first-order chi connectivity index (χ1) is 8.08. The van der Waals surface area contributed by atoms with Crippen LogP contribution in [0.4, 0.5) is 11.4 Å². The van der Waals surface area contributed by atoms with E-state index in [1.165, 1.54) is 6.07 Å². The summed E-state index contributed by atoms with van der Waals surface area (Å²) in [5.74, 6) is 0. The third-order valence-corrected chi connectivity index (χ3v) is 3.21. The first-order valence-electron chi connectivity index (χ1n) is 5.38. The molecule has 1 aromatic rings. The summed E-state index contributed by atoms with van der Waals surface area (Å²) in [5, 5.41) is 11.0. The Morgan fingerprint density at radius 2 is 2.35 bits per heavy atom. The van der Waals surface area contributed by atoms with E-state index in [1.54, 1.807) is 6.07 Å². The Labute approximate surface area is 108 Å². The summed E-state index contributed by atoms with van der Waals surface area (Å²) in [5.41, 5.74) is 0.793. The summed E-state index contributed by atoms with van der Waals surface area (Å²) in [6, 6.07) is 5.14. The Kier molecular flexibility index (Phi) is 3.63. The maximum Gasteiger partial charge on any atom is 0.293 e. The Bertz CT molecular complexity index is 439. The normalized spacial score (nSPS) is 20.4. The van der Waals surface area contributed by atoms with Crippen LogP contribution < -0.4 is 4.90 Å². The number of hydrogen-bond donors (Lipinski definition) is 0. The maximum atomic E-state index is 11.0. The van der Waals surface area contributed by atoms with Gasteiger partial charge in [0.15, 0.2) is 0 Å². The van der Waals surface area contributed by atoms with E-state index in [2.05, 4.69) is 15.9 Å². The van der Waals surface area contributed by atoms with Crippen LogP contribution in [0.1, 0.15) is 6.92 Å². The number of benzene rings is 1. The van der Waals surface area contributed by atoms with Crippen molar-refractivity contribution in [1.82, 2.24) is 0 Å². The van der Waals surface area contributed by atoms with Crippen LogP contribution in [0.3, 0.4) is 0 Å². The predicted molar refractivity (Wildman–Crippen MR) is 68.4 cm³/mol. The summed E-state index contributed by atoms with van der Waals surface area (Å²) in [6.45, 7) is 3.94. The summed E-state index contributed by atoms with van der Waals surface area (Å²) < 4.78 is 6.15. The summed E-state index contributed by atoms with van der Waals surface area (Å²) in [6.07, 6.45) is 0.104. The van der Waals surface area contributed by atoms with Gasteiger partial charge in [-0.05, 0) is 19.1 Å². The first-order valence-corrected chi connectivity index (χ1v) is 6.17. The minimum Gasteiger partial charge on any atom is -0.375 e. The molecule has 0 spiro atoms. The monoisotopic (exact) mass is 300 g/mol. The van der Waals surface area contributed by atoms with Gasteiger partial charge in [0.2, 0.25) is 0 Å². The quantitative estimate of drug-likeness (QED) is 0.622. The number of rotatable bonds is 2. The van der Waals surface area contributed by atoms with Gasteiger partial charge < -0.3 is 9.64 Å². The lowest BCUT2D eigenvalue weighted by Gasteiger charge is -2.32. The van der Waals surface area contributed by atoms with Gasteiger partial charge in [-0.3, -0.25) is 10.1 Å². The highest BCUT2D eigenvalue weighted by molar-refractivity contribution is 9.10. The highest BCUT2D eigenvalue weighted by Gasteiger charge is 2.24. The first kappa shape index (κ1) is 12.3. The van der Waals surface area contributed by atoms with Crippen molar-refractivity contribution in [2.24, 2.45) is 0 Å². The van der Waals surface area contributed by atoms with Gasteiger partial charge in [0, 0.05) is 23.6 Å². The van der Waals surface area contributed by atoms with Crippen molar-refractivity contribution in [2.75, 3.05) is 24.6 Å². The smallest absolute Gasteiger partial charge is 0.293 e. The minimum atomic E-state index is -0.347. The van der Waals surface area contributed by atoms with E-state index >= 15 is 0 Å². The van der Waals surface area contributed by atoms with Crippen LogP contribution in [-0.4, -0.2) is 30.7 Å². The predicted octanol–water partition coefficient (Wildman–Crippen LogP) is 2.58. The molecule has 5 nitrogen and oxygen atoms in total. The average Bonchev–Trinajstić information content (AvgIpc) is 2.28. The molecule has 0 unspecified atom stereocenters. The van der Waals surface area contributed by atoms with Crippen LogP contribution >= 0.6 is 15.9 Å². The second-order valence-electron chi connectivity index (χ2n) is 4.02. The molecule has 6 heteroatoms. The molecule has 0 aromatic heterocycles. The fourth-order valence-corrected chi connectivity index (χ4v) is 2.30.